The van der Waals surface area contributed by atoms with Crippen LogP contribution in [0.5, 0.6) is 5.75 Å². The van der Waals surface area contributed by atoms with Crippen LogP contribution in [-0.2, 0) is 21.0 Å². The molecule has 33 heavy (non-hydrogen) atoms. The van der Waals surface area contributed by atoms with Gasteiger partial charge in [-0.25, -0.2) is 8.42 Å². The second-order valence-corrected chi connectivity index (χ2v) is 8.71. The Labute approximate surface area is 189 Å². The molecule has 0 saturated carbocycles. The van der Waals surface area contributed by atoms with Gasteiger partial charge >= 0.3 is 6.18 Å². The number of benzene rings is 3. The minimum absolute atomic E-state index is 0.0290. The van der Waals surface area contributed by atoms with Crippen molar-refractivity contribution in [3.63, 3.8) is 0 Å². The lowest BCUT2D eigenvalue weighted by atomic mass is 10.2. The summed E-state index contributed by atoms with van der Waals surface area (Å²) < 4.78 is 71.5. The number of halogens is 3. The number of amides is 1. The summed E-state index contributed by atoms with van der Waals surface area (Å²) in [5, 5.41) is 2.44. The van der Waals surface area contributed by atoms with E-state index >= 15 is 0 Å². The van der Waals surface area contributed by atoms with Crippen molar-refractivity contribution < 1.29 is 31.1 Å². The monoisotopic (exact) mass is 478 g/mol. The van der Waals surface area contributed by atoms with Crippen molar-refractivity contribution >= 4 is 27.3 Å². The summed E-state index contributed by atoms with van der Waals surface area (Å²) in [5.74, 6) is -0.470. The van der Waals surface area contributed by atoms with Gasteiger partial charge in [0.05, 0.1) is 22.8 Å². The highest BCUT2D eigenvalue weighted by Gasteiger charge is 2.31. The van der Waals surface area contributed by atoms with Crippen LogP contribution in [0.4, 0.5) is 24.5 Å². The van der Waals surface area contributed by atoms with Crippen molar-refractivity contribution in [2.45, 2.75) is 18.0 Å². The first-order valence-electron chi connectivity index (χ1n) is 9.89. The van der Waals surface area contributed by atoms with E-state index in [1.54, 1.807) is 43.3 Å². The number of nitrogens with one attached hydrogen (secondary N) is 1. The molecule has 0 aliphatic heterocycles. The van der Waals surface area contributed by atoms with E-state index in [4.69, 9.17) is 4.74 Å². The van der Waals surface area contributed by atoms with Crippen molar-refractivity contribution in [3.05, 3.63) is 84.4 Å². The fourth-order valence-corrected chi connectivity index (χ4v) is 4.49. The second-order valence-electron chi connectivity index (χ2n) is 6.85. The van der Waals surface area contributed by atoms with Gasteiger partial charge in [-0.05, 0) is 55.5 Å². The first-order chi connectivity index (χ1) is 15.6. The van der Waals surface area contributed by atoms with E-state index in [2.05, 4.69) is 5.32 Å². The van der Waals surface area contributed by atoms with Gasteiger partial charge in [0.2, 0.25) is 5.91 Å². The molecule has 6 nitrogen and oxygen atoms in total. The SMILES string of the molecule is CCOc1ccccc1N(CC(=O)Nc1ccc(C(F)(F)F)cc1)S(=O)(=O)c1ccccc1. The van der Waals surface area contributed by atoms with E-state index in [0.717, 1.165) is 28.6 Å². The summed E-state index contributed by atoms with van der Waals surface area (Å²) in [6.07, 6.45) is -4.51. The van der Waals surface area contributed by atoms with Crippen LogP contribution in [0.15, 0.2) is 83.8 Å². The lowest BCUT2D eigenvalue weighted by Gasteiger charge is -2.26. The number of hydrogen-bond acceptors (Lipinski definition) is 4. The summed E-state index contributed by atoms with van der Waals surface area (Å²) >= 11 is 0. The van der Waals surface area contributed by atoms with Gasteiger partial charge in [-0.1, -0.05) is 30.3 Å². The summed E-state index contributed by atoms with van der Waals surface area (Å²) in [6.45, 7) is 1.39. The van der Waals surface area contributed by atoms with Crippen molar-refractivity contribution in [2.24, 2.45) is 0 Å². The molecule has 3 aromatic carbocycles. The predicted octanol–water partition coefficient (Wildman–Crippen LogP) is 4.94. The van der Waals surface area contributed by atoms with Crippen molar-refractivity contribution in [2.75, 3.05) is 22.8 Å². The Morgan fingerprint density at radius 1 is 0.939 bits per heavy atom. The lowest BCUT2D eigenvalue weighted by Crippen LogP contribution is -2.38. The third kappa shape index (κ3) is 5.83. The molecule has 0 aromatic heterocycles. The highest BCUT2D eigenvalue weighted by molar-refractivity contribution is 7.92. The van der Waals surface area contributed by atoms with Crippen LogP contribution in [0, 0.1) is 0 Å². The minimum atomic E-state index is -4.51. The van der Waals surface area contributed by atoms with E-state index in [-0.39, 0.29) is 28.6 Å². The Kier molecular flexibility index (Phi) is 7.27. The normalized spacial score (nSPS) is 11.6. The van der Waals surface area contributed by atoms with Crippen LogP contribution in [0.3, 0.4) is 0 Å². The summed E-state index contributed by atoms with van der Waals surface area (Å²) in [6, 6.07) is 17.8. The molecule has 0 heterocycles. The Hall–Kier alpha value is -3.53. The van der Waals surface area contributed by atoms with E-state index in [1.807, 2.05) is 0 Å². The molecule has 1 amide bonds. The Morgan fingerprint density at radius 3 is 2.15 bits per heavy atom. The zero-order valence-electron chi connectivity index (χ0n) is 17.5. The van der Waals surface area contributed by atoms with Gasteiger partial charge in [0.1, 0.15) is 12.3 Å². The molecular formula is C23H21F3N2O4S. The van der Waals surface area contributed by atoms with E-state index in [1.165, 1.54) is 18.2 Å². The zero-order valence-corrected chi connectivity index (χ0v) is 18.4. The average Bonchev–Trinajstić information content (AvgIpc) is 2.78. The molecule has 174 valence electrons. The molecule has 0 unspecified atom stereocenters. The summed E-state index contributed by atoms with van der Waals surface area (Å²) in [7, 11) is -4.16. The molecule has 1 N–H and O–H groups in total. The molecule has 0 aliphatic carbocycles. The minimum Gasteiger partial charge on any atom is -0.492 e. The van der Waals surface area contributed by atoms with Gasteiger partial charge < -0.3 is 10.1 Å². The van der Waals surface area contributed by atoms with E-state index in [9.17, 15) is 26.4 Å². The average molecular weight is 478 g/mol. The van der Waals surface area contributed by atoms with Crippen LogP contribution < -0.4 is 14.4 Å². The highest BCUT2D eigenvalue weighted by Crippen LogP contribution is 2.33. The van der Waals surface area contributed by atoms with Gasteiger partial charge in [0.15, 0.2) is 0 Å². The molecule has 0 bridgehead atoms. The number of ether oxygens (including phenoxy) is 1. The molecule has 0 aliphatic rings. The quantitative estimate of drug-likeness (QED) is 0.498. The molecular weight excluding hydrogens is 457 g/mol. The number of carbonyl (C=O) groups is 1. The Morgan fingerprint density at radius 2 is 1.55 bits per heavy atom. The van der Waals surface area contributed by atoms with Gasteiger partial charge in [0, 0.05) is 5.69 Å². The molecule has 10 heteroatoms. The summed E-state index contributed by atoms with van der Waals surface area (Å²) in [4.78, 5) is 12.7. The van der Waals surface area contributed by atoms with Crippen LogP contribution >= 0.6 is 0 Å². The van der Waals surface area contributed by atoms with E-state index in [0.29, 0.717) is 0 Å². The van der Waals surface area contributed by atoms with Crippen LogP contribution in [-0.4, -0.2) is 27.5 Å². The molecule has 0 radical (unpaired) electrons. The van der Waals surface area contributed by atoms with Gasteiger partial charge in [-0.3, -0.25) is 9.10 Å². The Balaban J connectivity index is 1.93. The standard InChI is InChI=1S/C23H21F3N2O4S/c1-2-32-21-11-7-6-10-20(21)28(33(30,31)19-8-4-3-5-9-19)16-22(29)27-18-14-12-17(13-15-18)23(24,25)26/h3-15H,2,16H2,1H3,(H,27,29). The number of anilines is 2. The molecule has 0 saturated heterocycles. The zero-order chi connectivity index (χ0) is 24.1. The van der Waals surface area contributed by atoms with Crippen molar-refractivity contribution in [3.8, 4) is 5.75 Å². The molecule has 3 aromatic rings. The van der Waals surface area contributed by atoms with Crippen LogP contribution in [0.25, 0.3) is 0 Å². The number of hydrogen-bond donors (Lipinski definition) is 1. The number of rotatable bonds is 8. The van der Waals surface area contributed by atoms with Gasteiger partial charge in [-0.15, -0.1) is 0 Å². The Bertz CT molecular complexity index is 1200. The number of nitrogens with zero attached hydrogens (tertiary/aromatic N) is 1. The van der Waals surface area contributed by atoms with E-state index < -0.39 is 34.2 Å². The third-order valence-corrected chi connectivity index (χ3v) is 6.32. The van der Waals surface area contributed by atoms with Crippen molar-refractivity contribution in [1.29, 1.82) is 0 Å². The molecule has 0 spiro atoms. The number of alkyl halides is 3. The number of sulfonamides is 1. The first kappa shape index (κ1) is 24.1. The van der Waals surface area contributed by atoms with Crippen LogP contribution in [0.2, 0.25) is 0 Å². The maximum absolute atomic E-state index is 13.4. The second kappa shape index (κ2) is 9.95. The molecule has 0 atom stereocenters. The largest absolute Gasteiger partial charge is 0.492 e. The highest BCUT2D eigenvalue weighted by atomic mass is 32.2. The van der Waals surface area contributed by atoms with Gasteiger partial charge in [0.25, 0.3) is 10.0 Å². The maximum atomic E-state index is 13.4. The maximum Gasteiger partial charge on any atom is 0.416 e. The third-order valence-electron chi connectivity index (χ3n) is 4.55. The summed E-state index contributed by atoms with van der Waals surface area (Å²) in [5.41, 5.74) is -0.603. The van der Waals surface area contributed by atoms with Crippen molar-refractivity contribution in [1.82, 2.24) is 0 Å². The number of carbonyl (C=O) groups excluding carboxylic acids is 1. The number of para-hydroxylation sites is 2. The lowest BCUT2D eigenvalue weighted by molar-refractivity contribution is -0.137. The predicted molar refractivity (Wildman–Crippen MR) is 119 cm³/mol. The fourth-order valence-electron chi connectivity index (χ4n) is 3.03. The first-order valence-corrected chi connectivity index (χ1v) is 11.3. The molecule has 3 rings (SSSR count). The topological polar surface area (TPSA) is 75.7 Å². The van der Waals surface area contributed by atoms with Crippen LogP contribution in [0.1, 0.15) is 12.5 Å². The fraction of sp³-hybridized carbons (Fsp3) is 0.174. The smallest absolute Gasteiger partial charge is 0.416 e. The van der Waals surface area contributed by atoms with Gasteiger partial charge in [-0.2, -0.15) is 13.2 Å². The molecule has 0 fully saturated rings.